The number of hydrogen-bond acceptors (Lipinski definition) is 2. The van der Waals surface area contributed by atoms with E-state index in [0.29, 0.717) is 5.92 Å². The highest BCUT2D eigenvalue weighted by Crippen LogP contribution is 2.30. The van der Waals surface area contributed by atoms with E-state index in [1.807, 2.05) is 6.07 Å². The molecule has 2 N–H and O–H groups in total. The normalized spacial score (nSPS) is 23.5. The zero-order chi connectivity index (χ0) is 16.8. The van der Waals surface area contributed by atoms with Crippen molar-refractivity contribution in [2.75, 3.05) is 6.54 Å². The van der Waals surface area contributed by atoms with Crippen molar-refractivity contribution in [3.05, 3.63) is 60.2 Å². The molecule has 0 aliphatic heterocycles. The zero-order valence-corrected chi connectivity index (χ0v) is 14.6. The van der Waals surface area contributed by atoms with Gasteiger partial charge < -0.3 is 10.4 Å². The highest BCUT2D eigenvalue weighted by molar-refractivity contribution is 5.63. The van der Waals surface area contributed by atoms with Crippen molar-refractivity contribution in [2.45, 2.75) is 51.2 Å². The van der Waals surface area contributed by atoms with Crippen LogP contribution < -0.4 is 5.32 Å². The fourth-order valence-corrected chi connectivity index (χ4v) is 3.77. The van der Waals surface area contributed by atoms with Crippen molar-refractivity contribution in [1.29, 1.82) is 0 Å². The maximum atomic E-state index is 10.3. The zero-order valence-electron chi connectivity index (χ0n) is 14.6. The average molecular weight is 323 g/mol. The van der Waals surface area contributed by atoms with Crippen LogP contribution in [0.5, 0.6) is 0 Å². The van der Waals surface area contributed by atoms with Crippen LogP contribution in [0, 0.1) is 5.92 Å². The maximum Gasteiger partial charge on any atom is 0.0696 e. The molecular formula is C22H29NO. The molecule has 0 radical (unpaired) electrons. The lowest BCUT2D eigenvalue weighted by atomic mass is 9.96. The first kappa shape index (κ1) is 17.2. The first-order chi connectivity index (χ1) is 11.8. The van der Waals surface area contributed by atoms with Crippen molar-refractivity contribution in [2.24, 2.45) is 5.92 Å². The summed E-state index contributed by atoms with van der Waals surface area (Å²) in [7, 11) is 0. The summed E-state index contributed by atoms with van der Waals surface area (Å²) in [5.74, 6) is 0.585. The summed E-state index contributed by atoms with van der Waals surface area (Å²) < 4.78 is 0. The Morgan fingerprint density at radius 2 is 1.67 bits per heavy atom. The first-order valence-corrected chi connectivity index (χ1v) is 9.32. The predicted molar refractivity (Wildman–Crippen MR) is 101 cm³/mol. The van der Waals surface area contributed by atoms with Gasteiger partial charge in [-0.25, -0.2) is 0 Å². The van der Waals surface area contributed by atoms with Crippen LogP contribution in [0.3, 0.4) is 0 Å². The summed E-state index contributed by atoms with van der Waals surface area (Å²) in [6.45, 7) is 3.23. The second-order valence-corrected chi connectivity index (χ2v) is 7.09. The Labute approximate surface area is 145 Å². The summed E-state index contributed by atoms with van der Waals surface area (Å²) >= 11 is 0. The molecule has 2 aromatic carbocycles. The minimum atomic E-state index is -0.185. The number of benzene rings is 2. The largest absolute Gasteiger partial charge is 0.391 e. The van der Waals surface area contributed by atoms with Crippen molar-refractivity contribution in [1.82, 2.24) is 5.32 Å². The Kier molecular flexibility index (Phi) is 6.06. The monoisotopic (exact) mass is 323 g/mol. The summed E-state index contributed by atoms with van der Waals surface area (Å²) in [6, 6.07) is 19.7. The molecule has 3 rings (SSSR count). The Hall–Kier alpha value is -1.64. The van der Waals surface area contributed by atoms with Gasteiger partial charge >= 0.3 is 0 Å². The molecule has 0 aromatic heterocycles. The van der Waals surface area contributed by atoms with Gasteiger partial charge in [-0.1, -0.05) is 67.9 Å². The van der Waals surface area contributed by atoms with E-state index in [2.05, 4.69) is 60.8 Å². The van der Waals surface area contributed by atoms with E-state index in [1.165, 1.54) is 29.5 Å². The van der Waals surface area contributed by atoms with Crippen molar-refractivity contribution < 1.29 is 5.11 Å². The van der Waals surface area contributed by atoms with Crippen LogP contribution in [-0.2, 0) is 6.42 Å². The number of hydrogen-bond donors (Lipinski definition) is 2. The van der Waals surface area contributed by atoms with E-state index in [-0.39, 0.29) is 12.1 Å². The van der Waals surface area contributed by atoms with Crippen LogP contribution in [0.15, 0.2) is 54.6 Å². The van der Waals surface area contributed by atoms with E-state index < -0.39 is 0 Å². The van der Waals surface area contributed by atoms with E-state index in [1.54, 1.807) is 0 Å². The van der Waals surface area contributed by atoms with Gasteiger partial charge in [0.1, 0.15) is 0 Å². The molecule has 1 saturated carbocycles. The minimum absolute atomic E-state index is 0.185. The number of aliphatic hydroxyl groups excluding tert-OH is 1. The van der Waals surface area contributed by atoms with E-state index in [4.69, 9.17) is 0 Å². The predicted octanol–water partition coefficient (Wildman–Crippen LogP) is 4.43. The quantitative estimate of drug-likeness (QED) is 0.739. The van der Waals surface area contributed by atoms with Gasteiger partial charge in [0.2, 0.25) is 0 Å². The fraction of sp³-hybridized carbons (Fsp3) is 0.455. The molecular weight excluding hydrogens is 294 g/mol. The lowest BCUT2D eigenvalue weighted by molar-refractivity contribution is 0.147. The molecule has 1 aliphatic carbocycles. The van der Waals surface area contributed by atoms with Gasteiger partial charge in [-0.05, 0) is 54.8 Å². The molecule has 2 nitrogen and oxygen atoms in total. The lowest BCUT2D eigenvalue weighted by Gasteiger charge is -2.16. The van der Waals surface area contributed by atoms with E-state index in [0.717, 1.165) is 25.8 Å². The van der Waals surface area contributed by atoms with E-state index in [9.17, 15) is 5.11 Å². The molecule has 1 aliphatic rings. The first-order valence-electron chi connectivity index (χ1n) is 9.32. The Morgan fingerprint density at radius 1 is 0.958 bits per heavy atom. The van der Waals surface area contributed by atoms with Gasteiger partial charge in [-0.15, -0.1) is 0 Å². The van der Waals surface area contributed by atoms with Gasteiger partial charge in [0.05, 0.1) is 6.10 Å². The van der Waals surface area contributed by atoms with Crippen LogP contribution in [0.4, 0.5) is 0 Å². The van der Waals surface area contributed by atoms with Crippen LogP contribution in [0.25, 0.3) is 11.1 Å². The van der Waals surface area contributed by atoms with Gasteiger partial charge in [0.15, 0.2) is 0 Å². The smallest absolute Gasteiger partial charge is 0.0696 e. The molecule has 128 valence electrons. The van der Waals surface area contributed by atoms with Gasteiger partial charge in [0.25, 0.3) is 0 Å². The molecule has 2 heteroatoms. The number of rotatable bonds is 7. The summed E-state index contributed by atoms with van der Waals surface area (Å²) in [5.41, 5.74) is 3.91. The summed E-state index contributed by atoms with van der Waals surface area (Å²) in [6.07, 6.45) is 5.28. The molecule has 0 spiro atoms. The minimum Gasteiger partial charge on any atom is -0.391 e. The Balaban J connectivity index is 1.55. The van der Waals surface area contributed by atoms with Crippen LogP contribution in [0.2, 0.25) is 0 Å². The van der Waals surface area contributed by atoms with Gasteiger partial charge in [-0.2, -0.15) is 0 Å². The molecule has 2 aromatic rings. The molecule has 3 atom stereocenters. The second-order valence-electron chi connectivity index (χ2n) is 7.09. The van der Waals surface area contributed by atoms with Gasteiger partial charge in [0, 0.05) is 6.04 Å². The van der Waals surface area contributed by atoms with Crippen molar-refractivity contribution >= 4 is 0 Å². The van der Waals surface area contributed by atoms with Crippen LogP contribution in [-0.4, -0.2) is 23.8 Å². The second kappa shape index (κ2) is 8.46. The molecule has 0 amide bonds. The average Bonchev–Trinajstić information content (AvgIpc) is 2.96. The third-order valence-corrected chi connectivity index (χ3v) is 5.15. The summed E-state index contributed by atoms with van der Waals surface area (Å²) in [4.78, 5) is 0. The lowest BCUT2D eigenvalue weighted by Crippen LogP contribution is -2.36. The van der Waals surface area contributed by atoms with E-state index >= 15 is 0 Å². The van der Waals surface area contributed by atoms with Crippen molar-refractivity contribution in [3.63, 3.8) is 0 Å². The molecule has 0 saturated heterocycles. The maximum absolute atomic E-state index is 10.3. The van der Waals surface area contributed by atoms with Gasteiger partial charge in [-0.3, -0.25) is 0 Å². The standard InChI is InChI=1S/C22H29NO/c1-2-3-13-23-21-15-18(16-22(21)24)14-17-9-11-20(12-10-17)19-7-5-4-6-8-19/h4-12,18,21-24H,2-3,13-16H2,1H3/t18-,21-,22-/m1/s1. The van der Waals surface area contributed by atoms with Crippen molar-refractivity contribution in [3.8, 4) is 11.1 Å². The molecule has 1 fully saturated rings. The number of unbranched alkanes of at least 4 members (excludes halogenated alkanes) is 1. The fourth-order valence-electron chi connectivity index (χ4n) is 3.77. The van der Waals surface area contributed by atoms with Crippen LogP contribution >= 0.6 is 0 Å². The summed E-state index contributed by atoms with van der Waals surface area (Å²) in [5, 5.41) is 13.8. The SMILES string of the molecule is CCCCN[C@@H]1C[C@@H](Cc2ccc(-c3ccccc3)cc2)C[C@H]1O. The Morgan fingerprint density at radius 3 is 2.38 bits per heavy atom. The highest BCUT2D eigenvalue weighted by atomic mass is 16.3. The molecule has 24 heavy (non-hydrogen) atoms. The highest BCUT2D eigenvalue weighted by Gasteiger charge is 2.32. The third kappa shape index (κ3) is 4.46. The Bertz CT molecular complexity index is 608. The molecule has 0 bridgehead atoms. The van der Waals surface area contributed by atoms with Crippen LogP contribution in [0.1, 0.15) is 38.2 Å². The number of aliphatic hydroxyl groups is 1. The molecule has 0 heterocycles. The topological polar surface area (TPSA) is 32.3 Å². The third-order valence-electron chi connectivity index (χ3n) is 5.15. The number of nitrogens with one attached hydrogen (secondary N) is 1. The molecule has 0 unspecified atom stereocenters.